The summed E-state index contributed by atoms with van der Waals surface area (Å²) in [5, 5.41) is 2.60. The number of anilines is 1. The van der Waals surface area contributed by atoms with Gasteiger partial charge in [0.25, 0.3) is 0 Å². The molecule has 6 nitrogen and oxygen atoms in total. The Kier molecular flexibility index (Phi) is 5.85. The maximum absolute atomic E-state index is 14.5. The van der Waals surface area contributed by atoms with Crippen molar-refractivity contribution in [1.82, 2.24) is 10.3 Å². The van der Waals surface area contributed by atoms with Crippen LogP contribution in [0.2, 0.25) is 0 Å². The smallest absolute Gasteiger partial charge is 0.414 e. The van der Waals surface area contributed by atoms with Crippen molar-refractivity contribution in [3.05, 3.63) is 59.7 Å². The van der Waals surface area contributed by atoms with Gasteiger partial charge in [-0.3, -0.25) is 14.7 Å². The Morgan fingerprint density at radius 1 is 1.41 bits per heavy atom. The van der Waals surface area contributed by atoms with Crippen LogP contribution in [0.1, 0.15) is 18.1 Å². The van der Waals surface area contributed by atoms with Crippen LogP contribution in [0.5, 0.6) is 0 Å². The van der Waals surface area contributed by atoms with Crippen molar-refractivity contribution >= 4 is 44.2 Å². The number of pyridine rings is 1. The minimum atomic E-state index is -0.564. The van der Waals surface area contributed by atoms with E-state index >= 15 is 0 Å². The van der Waals surface area contributed by atoms with Crippen LogP contribution in [-0.4, -0.2) is 36.2 Å². The number of benzene rings is 1. The first-order valence-electron chi connectivity index (χ1n) is 8.24. The van der Waals surface area contributed by atoms with Crippen LogP contribution in [0.15, 0.2) is 42.7 Å². The van der Waals surface area contributed by atoms with Crippen LogP contribution in [0.3, 0.4) is 0 Å². The number of halogens is 2. The molecule has 0 spiro atoms. The van der Waals surface area contributed by atoms with Crippen LogP contribution in [0.4, 0.5) is 14.9 Å². The van der Waals surface area contributed by atoms with Crippen LogP contribution >= 0.6 is 15.9 Å². The molecule has 1 atom stereocenters. The first kappa shape index (κ1) is 19.0. The molecule has 1 aromatic heterocycles. The molecule has 0 saturated carbocycles. The third-order valence-electron chi connectivity index (χ3n) is 3.99. The fraction of sp³-hybridized carbons (Fsp3) is 0.211. The van der Waals surface area contributed by atoms with Crippen molar-refractivity contribution in [2.45, 2.75) is 13.0 Å². The summed E-state index contributed by atoms with van der Waals surface area (Å²) in [7, 11) is 0. The molecule has 1 N–H and O–H groups in total. The predicted octanol–water partition coefficient (Wildman–Crippen LogP) is 3.58. The molecule has 1 saturated heterocycles. The van der Waals surface area contributed by atoms with E-state index in [4.69, 9.17) is 4.74 Å². The quantitative estimate of drug-likeness (QED) is 0.781. The molecule has 2 amide bonds. The summed E-state index contributed by atoms with van der Waals surface area (Å²) < 4.78 is 20.5. The Morgan fingerprint density at radius 3 is 2.81 bits per heavy atom. The molecule has 2 aromatic rings. The summed E-state index contributed by atoms with van der Waals surface area (Å²) in [6.07, 6.45) is 3.94. The number of hydrogen-bond donors (Lipinski definition) is 1. The number of cyclic esters (lactones) is 1. The van der Waals surface area contributed by atoms with Crippen LogP contribution < -0.4 is 10.2 Å². The number of carbonyl (C=O) groups excluding carboxylic acids is 2. The minimum absolute atomic E-state index is 0.202. The Bertz CT molecular complexity index is 889. The van der Waals surface area contributed by atoms with Crippen molar-refractivity contribution in [2.24, 2.45) is 0 Å². The normalized spacial score (nSPS) is 17.0. The highest BCUT2D eigenvalue weighted by Gasteiger charge is 2.32. The average Bonchev–Trinajstić information content (AvgIpc) is 3.03. The minimum Gasteiger partial charge on any atom is -0.442 e. The molecule has 0 radical (unpaired) electrons. The Balaban J connectivity index is 1.75. The summed E-state index contributed by atoms with van der Waals surface area (Å²) in [5.74, 6) is -0.664. The van der Waals surface area contributed by atoms with Crippen molar-refractivity contribution in [1.29, 1.82) is 0 Å². The summed E-state index contributed by atoms with van der Waals surface area (Å²) in [6, 6.07) is 8.16. The van der Waals surface area contributed by atoms with Gasteiger partial charge in [-0.05, 0) is 42.0 Å². The van der Waals surface area contributed by atoms with E-state index in [-0.39, 0.29) is 19.0 Å². The highest BCUT2D eigenvalue weighted by molar-refractivity contribution is 9.15. The van der Waals surface area contributed by atoms with Gasteiger partial charge in [0.05, 0.1) is 18.8 Å². The van der Waals surface area contributed by atoms with E-state index in [1.165, 1.54) is 17.9 Å². The first-order valence-corrected chi connectivity index (χ1v) is 9.03. The molecule has 1 aromatic carbocycles. The van der Waals surface area contributed by atoms with Gasteiger partial charge in [0.2, 0.25) is 5.91 Å². The van der Waals surface area contributed by atoms with Gasteiger partial charge in [0, 0.05) is 29.4 Å². The lowest BCUT2D eigenvalue weighted by molar-refractivity contribution is -0.119. The SMILES string of the molecule is CC(=O)NC[C@H]1CN(c2ccc(C=C(Br)c3ccncc3)c(F)c2)C(=O)O1. The third kappa shape index (κ3) is 4.71. The van der Waals surface area contributed by atoms with E-state index < -0.39 is 18.0 Å². The molecular formula is C19H17BrFN3O3. The lowest BCUT2D eigenvalue weighted by atomic mass is 10.1. The van der Waals surface area contributed by atoms with Crippen LogP contribution in [-0.2, 0) is 9.53 Å². The number of nitrogens with one attached hydrogen (secondary N) is 1. The summed E-state index contributed by atoms with van der Waals surface area (Å²) in [5.41, 5.74) is 1.65. The number of ether oxygens (including phenoxy) is 1. The Morgan fingerprint density at radius 2 is 2.15 bits per heavy atom. The fourth-order valence-electron chi connectivity index (χ4n) is 2.63. The first-order chi connectivity index (χ1) is 12.9. The Hall–Kier alpha value is -2.74. The number of aromatic nitrogens is 1. The van der Waals surface area contributed by atoms with Crippen LogP contribution in [0, 0.1) is 5.82 Å². The second-order valence-corrected chi connectivity index (χ2v) is 6.84. The van der Waals surface area contributed by atoms with Gasteiger partial charge in [-0.15, -0.1) is 0 Å². The van der Waals surface area contributed by atoms with Crippen molar-refractivity contribution in [3.63, 3.8) is 0 Å². The van der Waals surface area contributed by atoms with Gasteiger partial charge in [-0.2, -0.15) is 0 Å². The molecule has 8 heteroatoms. The summed E-state index contributed by atoms with van der Waals surface area (Å²) in [6.45, 7) is 1.86. The largest absolute Gasteiger partial charge is 0.442 e. The van der Waals surface area contributed by atoms with Gasteiger partial charge in [0.1, 0.15) is 11.9 Å². The second kappa shape index (κ2) is 8.30. The number of nitrogens with zero attached hydrogens (tertiary/aromatic N) is 2. The number of rotatable bonds is 5. The second-order valence-electron chi connectivity index (χ2n) is 5.99. The molecule has 2 heterocycles. The molecule has 0 unspecified atom stereocenters. The van der Waals surface area contributed by atoms with E-state index in [0.29, 0.717) is 15.7 Å². The lowest BCUT2D eigenvalue weighted by Crippen LogP contribution is -2.33. The number of amides is 2. The molecule has 3 rings (SSSR count). The Labute approximate surface area is 164 Å². The zero-order chi connectivity index (χ0) is 19.4. The zero-order valence-electron chi connectivity index (χ0n) is 14.5. The molecule has 0 bridgehead atoms. The van der Waals surface area contributed by atoms with Gasteiger partial charge in [0.15, 0.2) is 0 Å². The number of carbonyl (C=O) groups is 2. The van der Waals surface area contributed by atoms with Gasteiger partial charge >= 0.3 is 6.09 Å². The molecule has 140 valence electrons. The van der Waals surface area contributed by atoms with E-state index in [9.17, 15) is 14.0 Å². The highest BCUT2D eigenvalue weighted by Crippen LogP contribution is 2.28. The monoisotopic (exact) mass is 433 g/mol. The van der Waals surface area contributed by atoms with Crippen molar-refractivity contribution in [3.8, 4) is 0 Å². The molecular weight excluding hydrogens is 417 g/mol. The van der Waals surface area contributed by atoms with Crippen molar-refractivity contribution in [2.75, 3.05) is 18.0 Å². The zero-order valence-corrected chi connectivity index (χ0v) is 16.1. The van der Waals surface area contributed by atoms with Crippen LogP contribution in [0.25, 0.3) is 10.6 Å². The van der Waals surface area contributed by atoms with E-state index in [1.807, 2.05) is 12.1 Å². The fourth-order valence-corrected chi connectivity index (χ4v) is 3.14. The van der Waals surface area contributed by atoms with E-state index in [2.05, 4.69) is 26.2 Å². The average molecular weight is 434 g/mol. The topological polar surface area (TPSA) is 71.5 Å². The molecule has 1 fully saturated rings. The summed E-state index contributed by atoms with van der Waals surface area (Å²) in [4.78, 5) is 28.3. The highest BCUT2D eigenvalue weighted by atomic mass is 79.9. The summed E-state index contributed by atoms with van der Waals surface area (Å²) >= 11 is 3.44. The molecule has 27 heavy (non-hydrogen) atoms. The molecule has 1 aliphatic heterocycles. The van der Waals surface area contributed by atoms with Gasteiger partial charge < -0.3 is 10.1 Å². The predicted molar refractivity (Wildman–Crippen MR) is 104 cm³/mol. The van der Waals surface area contributed by atoms with Crippen molar-refractivity contribution < 1.29 is 18.7 Å². The molecule has 0 aliphatic carbocycles. The maximum Gasteiger partial charge on any atom is 0.414 e. The molecule has 1 aliphatic rings. The number of hydrogen-bond acceptors (Lipinski definition) is 4. The van der Waals surface area contributed by atoms with E-state index in [1.54, 1.807) is 30.6 Å². The lowest BCUT2D eigenvalue weighted by Gasteiger charge is -2.14. The third-order valence-corrected chi connectivity index (χ3v) is 4.67. The van der Waals surface area contributed by atoms with E-state index in [0.717, 1.165) is 5.56 Å². The standard InChI is InChI=1S/C19H17BrFN3O3/c1-12(25)23-10-16-11-24(19(26)27-16)15-3-2-14(18(21)9-15)8-17(20)13-4-6-22-7-5-13/h2-9,16H,10-11H2,1H3,(H,23,25)/t16-/m0/s1. The maximum atomic E-state index is 14.5. The van der Waals surface area contributed by atoms with Gasteiger partial charge in [-0.1, -0.05) is 15.9 Å². The van der Waals surface area contributed by atoms with Gasteiger partial charge in [-0.25, -0.2) is 9.18 Å².